The summed E-state index contributed by atoms with van der Waals surface area (Å²) in [7, 11) is 0. The number of alkyl halides is 1. The van der Waals surface area contributed by atoms with Crippen LogP contribution >= 0.6 is 11.3 Å². The zero-order chi connectivity index (χ0) is 24.0. The van der Waals surface area contributed by atoms with E-state index in [1.165, 1.54) is 13.0 Å². The van der Waals surface area contributed by atoms with Gasteiger partial charge in [0.2, 0.25) is 11.9 Å². The molecule has 2 aliphatic rings. The first kappa shape index (κ1) is 22.7. The standard InChI is InChI=1S/C25H27FN4O3S/c1-3-22(32)29-9-8-25(14-29)11-17(12-25)30-19-5-4-16(13-31)10-18(19)27-24(30)28-23(33)21-7-6-20(34-21)15(2)26/h3-7,10,15,17,31H,1,8-9,11-14H2,2H3,(H,27,28,33). The fourth-order valence-electron chi connectivity index (χ4n) is 5.26. The number of rotatable bonds is 6. The molecule has 1 unspecified atom stereocenters. The second-order valence-electron chi connectivity index (χ2n) is 9.33. The van der Waals surface area contributed by atoms with Gasteiger partial charge in [-0.05, 0) is 67.5 Å². The lowest BCUT2D eigenvalue weighted by Crippen LogP contribution is -2.42. The van der Waals surface area contributed by atoms with Gasteiger partial charge in [-0.1, -0.05) is 12.6 Å². The molecular weight excluding hydrogens is 455 g/mol. The Balaban J connectivity index is 1.42. The molecule has 2 amide bonds. The van der Waals surface area contributed by atoms with Crippen LogP contribution in [0.4, 0.5) is 10.3 Å². The molecule has 7 nitrogen and oxygen atoms in total. The zero-order valence-corrected chi connectivity index (χ0v) is 19.8. The molecule has 0 bridgehead atoms. The lowest BCUT2D eigenvalue weighted by Gasteiger charge is -2.46. The van der Waals surface area contributed by atoms with Crippen molar-refractivity contribution in [1.29, 1.82) is 0 Å². The number of nitrogens with zero attached hydrogens (tertiary/aromatic N) is 3. The van der Waals surface area contributed by atoms with Crippen LogP contribution in [0.15, 0.2) is 43.0 Å². The summed E-state index contributed by atoms with van der Waals surface area (Å²) in [4.78, 5) is 32.5. The number of fused-ring (bicyclic) bond motifs is 1. The summed E-state index contributed by atoms with van der Waals surface area (Å²) in [6.45, 7) is 6.40. The smallest absolute Gasteiger partial charge is 0.268 e. The molecule has 2 aromatic heterocycles. The van der Waals surface area contributed by atoms with Crippen LogP contribution < -0.4 is 5.32 Å². The average molecular weight is 483 g/mol. The van der Waals surface area contributed by atoms with Gasteiger partial charge < -0.3 is 14.6 Å². The minimum Gasteiger partial charge on any atom is -0.392 e. The van der Waals surface area contributed by atoms with Crippen molar-refractivity contribution in [2.24, 2.45) is 5.41 Å². The fourth-order valence-corrected chi connectivity index (χ4v) is 6.09. The van der Waals surface area contributed by atoms with E-state index in [1.807, 2.05) is 23.1 Å². The van der Waals surface area contributed by atoms with Crippen molar-refractivity contribution < 1.29 is 19.1 Å². The SMILES string of the molecule is C=CC(=O)N1CCC2(CC(n3c(NC(=O)c4ccc(C(C)F)s4)nc4cc(CO)ccc43)C2)C1. The highest BCUT2D eigenvalue weighted by atomic mass is 32.1. The molecule has 1 saturated carbocycles. The van der Waals surface area contributed by atoms with E-state index in [1.54, 1.807) is 12.1 Å². The van der Waals surface area contributed by atoms with E-state index in [4.69, 9.17) is 0 Å². The predicted molar refractivity (Wildman–Crippen MR) is 130 cm³/mol. The Morgan fingerprint density at radius 1 is 1.38 bits per heavy atom. The molecule has 1 spiro atoms. The fraction of sp³-hybridized carbons (Fsp3) is 0.400. The van der Waals surface area contributed by atoms with E-state index in [0.717, 1.165) is 54.8 Å². The third-order valence-corrected chi connectivity index (χ3v) is 8.27. The average Bonchev–Trinajstić information content (AvgIpc) is 3.53. The summed E-state index contributed by atoms with van der Waals surface area (Å²) >= 11 is 1.13. The van der Waals surface area contributed by atoms with Crippen LogP contribution in [0.2, 0.25) is 0 Å². The Hall–Kier alpha value is -3.04. The van der Waals surface area contributed by atoms with Crippen molar-refractivity contribution in [3.05, 3.63) is 58.3 Å². The largest absolute Gasteiger partial charge is 0.392 e. The van der Waals surface area contributed by atoms with Gasteiger partial charge in [-0.15, -0.1) is 11.3 Å². The molecule has 9 heteroatoms. The van der Waals surface area contributed by atoms with E-state index in [-0.39, 0.29) is 29.9 Å². The monoisotopic (exact) mass is 482 g/mol. The van der Waals surface area contributed by atoms with Crippen molar-refractivity contribution in [2.75, 3.05) is 18.4 Å². The first-order valence-corrected chi connectivity index (χ1v) is 12.2. The number of benzene rings is 1. The molecule has 2 N–H and O–H groups in total. The van der Waals surface area contributed by atoms with Crippen molar-refractivity contribution in [3.8, 4) is 0 Å². The number of likely N-dealkylation sites (tertiary alicyclic amines) is 1. The second kappa shape index (κ2) is 8.63. The van der Waals surface area contributed by atoms with Crippen LogP contribution in [-0.2, 0) is 11.4 Å². The van der Waals surface area contributed by atoms with E-state index in [2.05, 4.69) is 21.4 Å². The minimum absolute atomic E-state index is 0.0317. The van der Waals surface area contributed by atoms with Gasteiger partial charge in [0.1, 0.15) is 6.17 Å². The molecular formula is C25H27FN4O3S. The van der Waals surface area contributed by atoms with Gasteiger partial charge >= 0.3 is 0 Å². The minimum atomic E-state index is -1.13. The van der Waals surface area contributed by atoms with Crippen LogP contribution in [0.5, 0.6) is 0 Å². The summed E-state index contributed by atoms with van der Waals surface area (Å²) in [6, 6.07) is 8.99. The number of aliphatic hydroxyl groups is 1. The number of hydrogen-bond acceptors (Lipinski definition) is 5. The number of aliphatic hydroxyl groups excluding tert-OH is 1. The van der Waals surface area contributed by atoms with Gasteiger partial charge in [0, 0.05) is 24.0 Å². The maximum absolute atomic E-state index is 13.6. The molecule has 3 aromatic rings. The summed E-state index contributed by atoms with van der Waals surface area (Å²) in [6.07, 6.45) is 2.95. The number of imidazole rings is 1. The highest BCUT2D eigenvalue weighted by Gasteiger charge is 2.50. The molecule has 0 radical (unpaired) electrons. The third kappa shape index (κ3) is 3.92. The van der Waals surface area contributed by atoms with Gasteiger partial charge in [-0.3, -0.25) is 14.9 Å². The first-order valence-electron chi connectivity index (χ1n) is 11.4. The quantitative estimate of drug-likeness (QED) is 0.502. The van der Waals surface area contributed by atoms with Crippen LogP contribution in [0.25, 0.3) is 11.0 Å². The van der Waals surface area contributed by atoms with Crippen LogP contribution in [0.3, 0.4) is 0 Å². The van der Waals surface area contributed by atoms with Crippen molar-refractivity contribution in [1.82, 2.24) is 14.5 Å². The predicted octanol–water partition coefficient (Wildman–Crippen LogP) is 4.61. The van der Waals surface area contributed by atoms with Gasteiger partial charge in [-0.2, -0.15) is 0 Å². The highest BCUT2D eigenvalue weighted by Crippen LogP contribution is 2.55. The number of halogens is 1. The molecule has 34 heavy (non-hydrogen) atoms. The highest BCUT2D eigenvalue weighted by molar-refractivity contribution is 7.14. The Kier molecular flexibility index (Phi) is 5.77. The zero-order valence-electron chi connectivity index (χ0n) is 19.0. The topological polar surface area (TPSA) is 87.5 Å². The number of anilines is 1. The van der Waals surface area contributed by atoms with E-state index in [0.29, 0.717) is 21.2 Å². The lowest BCUT2D eigenvalue weighted by molar-refractivity contribution is -0.125. The maximum atomic E-state index is 13.6. The summed E-state index contributed by atoms with van der Waals surface area (Å²) in [5, 5.41) is 12.5. The maximum Gasteiger partial charge on any atom is 0.268 e. The van der Waals surface area contributed by atoms with E-state index in [9.17, 15) is 19.1 Å². The molecule has 1 atom stereocenters. The van der Waals surface area contributed by atoms with Gasteiger partial charge in [0.05, 0.1) is 22.5 Å². The number of nitrogens with one attached hydrogen (secondary N) is 1. The number of amides is 2. The number of hydrogen-bond donors (Lipinski definition) is 2. The molecule has 1 aliphatic carbocycles. The Labute approximate surface area is 200 Å². The van der Waals surface area contributed by atoms with E-state index < -0.39 is 6.17 Å². The molecule has 2 fully saturated rings. The molecule has 1 saturated heterocycles. The van der Waals surface area contributed by atoms with Crippen LogP contribution in [0.1, 0.15) is 58.5 Å². The van der Waals surface area contributed by atoms with Gasteiger partial charge in [0.15, 0.2) is 0 Å². The van der Waals surface area contributed by atoms with Crippen molar-refractivity contribution >= 4 is 40.1 Å². The third-order valence-electron chi connectivity index (χ3n) is 7.03. The Morgan fingerprint density at radius 2 is 2.18 bits per heavy atom. The second-order valence-corrected chi connectivity index (χ2v) is 10.5. The first-order chi connectivity index (χ1) is 16.3. The Bertz CT molecular complexity index is 1270. The lowest BCUT2D eigenvalue weighted by atomic mass is 9.64. The molecule has 3 heterocycles. The van der Waals surface area contributed by atoms with E-state index >= 15 is 0 Å². The number of aromatic nitrogens is 2. The summed E-state index contributed by atoms with van der Waals surface area (Å²) in [5.41, 5.74) is 2.40. The number of thiophene rings is 1. The normalized spacial score (nSPS) is 22.7. The van der Waals surface area contributed by atoms with Gasteiger partial charge in [-0.25, -0.2) is 9.37 Å². The molecule has 178 valence electrons. The van der Waals surface area contributed by atoms with Gasteiger partial charge in [0.25, 0.3) is 5.91 Å². The summed E-state index contributed by atoms with van der Waals surface area (Å²) < 4.78 is 15.7. The Morgan fingerprint density at radius 3 is 2.85 bits per heavy atom. The number of carbonyl (C=O) groups is 2. The van der Waals surface area contributed by atoms with Crippen molar-refractivity contribution in [2.45, 2.75) is 45.0 Å². The molecule has 1 aromatic carbocycles. The van der Waals surface area contributed by atoms with Crippen molar-refractivity contribution in [3.63, 3.8) is 0 Å². The number of carbonyl (C=O) groups excluding carboxylic acids is 2. The molecule has 1 aliphatic heterocycles. The van der Waals surface area contributed by atoms with Crippen LogP contribution in [0, 0.1) is 5.41 Å². The summed E-state index contributed by atoms with van der Waals surface area (Å²) in [5.74, 6) is 0.0829. The van der Waals surface area contributed by atoms with Crippen LogP contribution in [-0.4, -0.2) is 44.5 Å². The molecule has 5 rings (SSSR count).